The number of nitrogens with zero attached hydrogens (tertiary/aromatic N) is 2. The molecule has 0 aromatic rings. The van der Waals surface area contributed by atoms with E-state index in [1.165, 1.54) is 11.8 Å². The van der Waals surface area contributed by atoms with Crippen molar-refractivity contribution in [2.45, 2.75) is 26.2 Å². The van der Waals surface area contributed by atoms with E-state index in [0.29, 0.717) is 5.92 Å². The molecule has 1 atom stereocenters. The van der Waals surface area contributed by atoms with Gasteiger partial charge < -0.3 is 5.73 Å². The standard InChI is InChI=1S/C10H14N4S2/c1-7-2-3-9(16-6-11)8(4-7)5-13-14-10(12)15/h5,7H,2-4H2,1H3,(H3,12,14,15). The van der Waals surface area contributed by atoms with Gasteiger partial charge in [0.1, 0.15) is 5.40 Å². The van der Waals surface area contributed by atoms with Gasteiger partial charge in [-0.1, -0.05) is 6.92 Å². The van der Waals surface area contributed by atoms with Crippen molar-refractivity contribution in [2.75, 3.05) is 0 Å². The Bertz CT molecular complexity index is 368. The second-order valence-corrected chi connectivity index (χ2v) is 5.04. The predicted molar refractivity (Wildman–Crippen MR) is 71.7 cm³/mol. The molecule has 3 N–H and O–H groups in total. The third-order valence-corrected chi connectivity index (χ3v) is 3.25. The van der Waals surface area contributed by atoms with Crippen LogP contribution in [0.2, 0.25) is 0 Å². The van der Waals surface area contributed by atoms with E-state index in [0.717, 1.165) is 29.7 Å². The molecular weight excluding hydrogens is 240 g/mol. The topological polar surface area (TPSA) is 74.2 Å². The average molecular weight is 254 g/mol. The summed E-state index contributed by atoms with van der Waals surface area (Å²) >= 11 is 5.87. The highest BCUT2D eigenvalue weighted by atomic mass is 32.2. The van der Waals surface area contributed by atoms with Crippen molar-refractivity contribution in [3.63, 3.8) is 0 Å². The minimum Gasteiger partial charge on any atom is -0.375 e. The number of nitrogens with two attached hydrogens (primary N) is 1. The molecule has 0 aromatic heterocycles. The molecule has 0 saturated heterocycles. The molecule has 0 aromatic carbocycles. The van der Waals surface area contributed by atoms with E-state index in [2.05, 4.69) is 35.1 Å². The second kappa shape index (κ2) is 6.51. The van der Waals surface area contributed by atoms with Gasteiger partial charge in [0.25, 0.3) is 0 Å². The number of thiocyanates is 1. The molecule has 1 rings (SSSR count). The average Bonchev–Trinajstić information content (AvgIpc) is 2.21. The summed E-state index contributed by atoms with van der Waals surface area (Å²) in [5.74, 6) is 0.634. The highest BCUT2D eigenvalue weighted by molar-refractivity contribution is 8.07. The van der Waals surface area contributed by atoms with E-state index in [9.17, 15) is 0 Å². The van der Waals surface area contributed by atoms with Gasteiger partial charge in [-0.25, -0.2) is 0 Å². The Morgan fingerprint density at radius 1 is 1.81 bits per heavy atom. The molecular formula is C10H14N4S2. The van der Waals surface area contributed by atoms with Crippen molar-refractivity contribution in [2.24, 2.45) is 16.8 Å². The monoisotopic (exact) mass is 254 g/mol. The minimum absolute atomic E-state index is 0.148. The molecule has 0 fully saturated rings. The number of nitrogens with one attached hydrogen (secondary N) is 1. The van der Waals surface area contributed by atoms with Gasteiger partial charge in [0.2, 0.25) is 0 Å². The lowest BCUT2D eigenvalue weighted by molar-refractivity contribution is 0.516. The van der Waals surface area contributed by atoms with Gasteiger partial charge in [-0.05, 0) is 54.7 Å². The molecule has 0 radical (unpaired) electrons. The van der Waals surface area contributed by atoms with Crippen LogP contribution < -0.4 is 11.2 Å². The minimum atomic E-state index is 0.148. The van der Waals surface area contributed by atoms with Crippen molar-refractivity contribution in [3.8, 4) is 5.40 Å². The van der Waals surface area contributed by atoms with Gasteiger partial charge in [0, 0.05) is 4.91 Å². The first kappa shape index (κ1) is 13.0. The number of rotatable bonds is 3. The Labute approximate surface area is 105 Å². The van der Waals surface area contributed by atoms with Crippen LogP contribution in [0.3, 0.4) is 0 Å². The third kappa shape index (κ3) is 4.21. The van der Waals surface area contributed by atoms with Crippen LogP contribution in [0.1, 0.15) is 26.2 Å². The highest BCUT2D eigenvalue weighted by Gasteiger charge is 2.17. The van der Waals surface area contributed by atoms with Crippen molar-refractivity contribution < 1.29 is 0 Å². The van der Waals surface area contributed by atoms with Crippen LogP contribution in [-0.2, 0) is 0 Å². The molecule has 1 unspecified atom stereocenters. The first-order valence-electron chi connectivity index (χ1n) is 5.00. The lowest BCUT2D eigenvalue weighted by Crippen LogP contribution is -2.24. The summed E-state index contributed by atoms with van der Waals surface area (Å²) in [5.41, 5.74) is 8.89. The molecule has 0 spiro atoms. The fourth-order valence-electron chi connectivity index (χ4n) is 1.60. The maximum absolute atomic E-state index is 8.69. The second-order valence-electron chi connectivity index (χ2n) is 3.72. The van der Waals surface area contributed by atoms with Gasteiger partial charge in [-0.15, -0.1) is 0 Å². The van der Waals surface area contributed by atoms with Crippen molar-refractivity contribution in [1.29, 1.82) is 5.26 Å². The Balaban J connectivity index is 2.73. The number of thioether (sulfide) groups is 1. The summed E-state index contributed by atoms with van der Waals surface area (Å²) in [4.78, 5) is 1.11. The van der Waals surface area contributed by atoms with Crippen molar-refractivity contribution in [1.82, 2.24) is 5.43 Å². The third-order valence-electron chi connectivity index (χ3n) is 2.35. The van der Waals surface area contributed by atoms with Gasteiger partial charge >= 0.3 is 0 Å². The smallest absolute Gasteiger partial charge is 0.184 e. The van der Waals surface area contributed by atoms with Crippen molar-refractivity contribution >= 4 is 35.3 Å². The summed E-state index contributed by atoms with van der Waals surface area (Å²) < 4.78 is 0. The molecule has 0 amide bonds. The van der Waals surface area contributed by atoms with E-state index >= 15 is 0 Å². The van der Waals surface area contributed by atoms with Crippen LogP contribution in [0.5, 0.6) is 0 Å². The Morgan fingerprint density at radius 2 is 2.56 bits per heavy atom. The normalized spacial score (nSPS) is 20.9. The Kier molecular flexibility index (Phi) is 5.29. The number of thiocarbonyl (C=S) groups is 1. The number of hydrazone groups is 1. The highest BCUT2D eigenvalue weighted by Crippen LogP contribution is 2.34. The summed E-state index contributed by atoms with van der Waals surface area (Å²) in [5, 5.41) is 14.9. The van der Waals surface area contributed by atoms with Crippen LogP contribution >= 0.6 is 24.0 Å². The number of allylic oxidation sites excluding steroid dienone is 2. The Morgan fingerprint density at radius 3 is 3.19 bits per heavy atom. The van der Waals surface area contributed by atoms with Crippen LogP contribution in [-0.4, -0.2) is 11.3 Å². The summed E-state index contributed by atoms with van der Waals surface area (Å²) in [6.45, 7) is 2.20. The van der Waals surface area contributed by atoms with Crippen molar-refractivity contribution in [3.05, 3.63) is 10.5 Å². The molecule has 1 aliphatic carbocycles. The van der Waals surface area contributed by atoms with E-state index in [4.69, 9.17) is 11.0 Å². The lowest BCUT2D eigenvalue weighted by atomic mass is 9.91. The van der Waals surface area contributed by atoms with E-state index in [-0.39, 0.29) is 5.11 Å². The van der Waals surface area contributed by atoms with E-state index < -0.39 is 0 Å². The van der Waals surface area contributed by atoms with Crippen LogP contribution in [0.25, 0.3) is 0 Å². The zero-order valence-corrected chi connectivity index (χ0v) is 10.7. The van der Waals surface area contributed by atoms with E-state index in [1.807, 2.05) is 0 Å². The predicted octanol–water partition coefficient (Wildman–Crippen LogP) is 2.09. The van der Waals surface area contributed by atoms with Gasteiger partial charge in [0.05, 0.1) is 6.21 Å². The van der Waals surface area contributed by atoms with Crippen LogP contribution in [0, 0.1) is 16.6 Å². The molecule has 1 aliphatic rings. The number of hydrogen-bond donors (Lipinski definition) is 2. The van der Waals surface area contributed by atoms with Gasteiger partial charge in [-0.3, -0.25) is 5.43 Å². The molecule has 86 valence electrons. The largest absolute Gasteiger partial charge is 0.375 e. The molecule has 0 aliphatic heterocycles. The number of nitriles is 1. The van der Waals surface area contributed by atoms with Gasteiger partial charge in [0.15, 0.2) is 5.11 Å². The maximum Gasteiger partial charge on any atom is 0.184 e. The summed E-state index contributed by atoms with van der Waals surface area (Å²) in [6.07, 6.45) is 4.75. The summed E-state index contributed by atoms with van der Waals surface area (Å²) in [7, 11) is 0. The molecule has 0 bridgehead atoms. The molecule has 4 nitrogen and oxygen atoms in total. The zero-order valence-electron chi connectivity index (χ0n) is 9.06. The molecule has 6 heteroatoms. The first-order valence-corrected chi connectivity index (χ1v) is 6.22. The van der Waals surface area contributed by atoms with Gasteiger partial charge in [-0.2, -0.15) is 10.4 Å². The Hall–Kier alpha value is -1.06. The molecule has 0 heterocycles. The first-order chi connectivity index (χ1) is 7.63. The fraction of sp³-hybridized carbons (Fsp3) is 0.500. The molecule has 16 heavy (non-hydrogen) atoms. The quantitative estimate of drug-likeness (QED) is 0.349. The SMILES string of the molecule is CC1CCC(SC#N)=C(C=NNC(N)=S)C1. The molecule has 0 saturated carbocycles. The number of hydrogen-bond acceptors (Lipinski definition) is 4. The van der Waals surface area contributed by atoms with E-state index in [1.54, 1.807) is 6.21 Å². The fourth-order valence-corrected chi connectivity index (χ4v) is 2.25. The maximum atomic E-state index is 8.69. The van der Waals surface area contributed by atoms with Crippen LogP contribution in [0.4, 0.5) is 0 Å². The lowest BCUT2D eigenvalue weighted by Gasteiger charge is -2.20. The zero-order chi connectivity index (χ0) is 12.0. The van der Waals surface area contributed by atoms with Crippen LogP contribution in [0.15, 0.2) is 15.6 Å². The summed E-state index contributed by atoms with van der Waals surface area (Å²) in [6, 6.07) is 0.